The van der Waals surface area contributed by atoms with Gasteiger partial charge in [0.05, 0.1) is 0 Å². The molecule has 1 atom stereocenters. The molecule has 0 rings (SSSR count). The molecule has 0 bridgehead atoms. The summed E-state index contributed by atoms with van der Waals surface area (Å²) in [5.74, 6) is 0. The summed E-state index contributed by atoms with van der Waals surface area (Å²) in [6, 6.07) is -2.04. The molecule has 0 aliphatic carbocycles. The van der Waals surface area contributed by atoms with Crippen LogP contribution in [0.1, 0.15) is 19.8 Å². The second-order valence-corrected chi connectivity index (χ2v) is 2.92. The minimum atomic E-state index is -4.55. The molecule has 0 aromatic carbocycles. The number of alkyl halides is 3. The lowest BCUT2D eigenvalue weighted by molar-refractivity contribution is -0.491. The van der Waals surface area contributed by atoms with E-state index in [0.717, 1.165) is 6.42 Å². The summed E-state index contributed by atoms with van der Waals surface area (Å²) in [5.41, 5.74) is 0. The van der Waals surface area contributed by atoms with Crippen molar-refractivity contribution in [1.82, 2.24) is 5.32 Å². The van der Waals surface area contributed by atoms with Crippen molar-refractivity contribution in [2.24, 2.45) is 0 Å². The highest BCUT2D eigenvalue weighted by molar-refractivity contribution is 4.73. The van der Waals surface area contributed by atoms with Crippen molar-refractivity contribution < 1.29 is 18.1 Å². The van der Waals surface area contributed by atoms with Gasteiger partial charge in [-0.1, -0.05) is 13.3 Å². The van der Waals surface area contributed by atoms with E-state index in [9.17, 15) is 23.3 Å². The van der Waals surface area contributed by atoms with Gasteiger partial charge in [0.25, 0.3) is 0 Å². The molecule has 0 spiro atoms. The van der Waals surface area contributed by atoms with E-state index in [0.29, 0.717) is 6.42 Å². The maximum absolute atomic E-state index is 12.1. The summed E-state index contributed by atoms with van der Waals surface area (Å²) in [4.78, 5) is 8.99. The third kappa shape index (κ3) is 5.74. The van der Waals surface area contributed by atoms with Crippen LogP contribution < -0.4 is 5.32 Å². The number of rotatable bonds is 6. The molecule has 0 amide bonds. The lowest BCUT2D eigenvalue weighted by atomic mass is 10.2. The lowest BCUT2D eigenvalue weighted by Crippen LogP contribution is -2.47. The van der Waals surface area contributed by atoms with Crippen molar-refractivity contribution in [3.05, 3.63) is 10.1 Å². The predicted octanol–water partition coefficient (Wildman–Crippen LogP) is 1.58. The SMILES string of the molecule is CCCCNC(C[N+](=O)[O-])C(F)(F)F. The molecule has 7 heteroatoms. The first kappa shape index (κ1) is 13.2. The molecule has 1 N–H and O–H groups in total. The molecule has 0 radical (unpaired) electrons. The van der Waals surface area contributed by atoms with Crippen molar-refractivity contribution in [3.63, 3.8) is 0 Å². The molecule has 4 nitrogen and oxygen atoms in total. The molecule has 0 fully saturated rings. The predicted molar refractivity (Wildman–Crippen MR) is 44.6 cm³/mol. The summed E-state index contributed by atoms with van der Waals surface area (Å²) in [7, 11) is 0. The number of hydrogen-bond acceptors (Lipinski definition) is 3. The molecule has 0 aromatic rings. The first-order valence-electron chi connectivity index (χ1n) is 4.29. The monoisotopic (exact) mass is 214 g/mol. The van der Waals surface area contributed by atoms with Gasteiger partial charge in [0.1, 0.15) is 0 Å². The van der Waals surface area contributed by atoms with Gasteiger partial charge in [0.15, 0.2) is 6.04 Å². The van der Waals surface area contributed by atoms with Crippen LogP contribution in [-0.2, 0) is 0 Å². The molecule has 0 saturated carbocycles. The van der Waals surface area contributed by atoms with Gasteiger partial charge in [-0.25, -0.2) is 0 Å². The van der Waals surface area contributed by atoms with E-state index in [1.807, 2.05) is 6.92 Å². The fourth-order valence-corrected chi connectivity index (χ4v) is 0.886. The Labute approximate surface area is 79.6 Å². The van der Waals surface area contributed by atoms with Gasteiger partial charge in [-0.2, -0.15) is 13.2 Å². The van der Waals surface area contributed by atoms with E-state index >= 15 is 0 Å². The van der Waals surface area contributed by atoms with Crippen LogP contribution in [0.2, 0.25) is 0 Å². The average Bonchev–Trinajstić information content (AvgIpc) is 2.00. The summed E-state index contributed by atoms with van der Waals surface area (Å²) in [5, 5.41) is 12.1. The molecule has 1 unspecified atom stereocenters. The number of nitro groups is 1. The van der Waals surface area contributed by atoms with Crippen LogP contribution in [0.4, 0.5) is 13.2 Å². The quantitative estimate of drug-likeness (QED) is 0.415. The Kier molecular flexibility index (Phi) is 5.44. The Balaban J connectivity index is 4.05. The van der Waals surface area contributed by atoms with Crippen molar-refractivity contribution in [2.45, 2.75) is 32.0 Å². The maximum Gasteiger partial charge on any atom is 0.410 e. The standard InChI is InChI=1S/C7H13F3N2O2/c1-2-3-4-11-6(5-12(13)14)7(8,9)10/h6,11H,2-5H2,1H3. The first-order valence-corrected chi connectivity index (χ1v) is 4.29. The number of unbranched alkanes of at least 4 members (excludes halogenated alkanes) is 1. The van der Waals surface area contributed by atoms with Gasteiger partial charge < -0.3 is 5.32 Å². The van der Waals surface area contributed by atoms with Gasteiger partial charge in [0.2, 0.25) is 6.54 Å². The van der Waals surface area contributed by atoms with Crippen molar-refractivity contribution in [1.29, 1.82) is 0 Å². The second-order valence-electron chi connectivity index (χ2n) is 2.92. The van der Waals surface area contributed by atoms with E-state index in [1.165, 1.54) is 0 Å². The van der Waals surface area contributed by atoms with Crippen LogP contribution >= 0.6 is 0 Å². The number of hydrogen-bond donors (Lipinski definition) is 1. The van der Waals surface area contributed by atoms with E-state index in [2.05, 4.69) is 5.32 Å². The van der Waals surface area contributed by atoms with Crippen LogP contribution in [-0.4, -0.2) is 30.2 Å². The van der Waals surface area contributed by atoms with Crippen LogP contribution in [0.5, 0.6) is 0 Å². The van der Waals surface area contributed by atoms with Crippen LogP contribution in [0.3, 0.4) is 0 Å². The molecular formula is C7H13F3N2O2. The molecule has 0 heterocycles. The minimum absolute atomic E-state index is 0.147. The van der Waals surface area contributed by atoms with Crippen LogP contribution in [0.25, 0.3) is 0 Å². The highest BCUT2D eigenvalue weighted by Gasteiger charge is 2.42. The maximum atomic E-state index is 12.1. The molecule has 0 aromatic heterocycles. The molecule has 0 saturated heterocycles. The van der Waals surface area contributed by atoms with E-state index in [-0.39, 0.29) is 6.54 Å². The fourth-order valence-electron chi connectivity index (χ4n) is 0.886. The Morgan fingerprint density at radius 1 is 1.50 bits per heavy atom. The topological polar surface area (TPSA) is 55.2 Å². The fraction of sp³-hybridized carbons (Fsp3) is 1.00. The summed E-state index contributed by atoms with van der Waals surface area (Å²) in [6.07, 6.45) is -3.23. The van der Waals surface area contributed by atoms with Crippen molar-refractivity contribution >= 4 is 0 Å². The zero-order valence-corrected chi connectivity index (χ0v) is 7.80. The number of halogens is 3. The van der Waals surface area contributed by atoms with E-state index < -0.39 is 23.7 Å². The zero-order chi connectivity index (χ0) is 11.2. The molecule has 84 valence electrons. The van der Waals surface area contributed by atoms with Crippen molar-refractivity contribution in [3.8, 4) is 0 Å². The normalized spacial score (nSPS) is 14.0. The van der Waals surface area contributed by atoms with E-state index in [4.69, 9.17) is 0 Å². The molecule has 0 aliphatic heterocycles. The van der Waals surface area contributed by atoms with Crippen LogP contribution in [0.15, 0.2) is 0 Å². The smallest absolute Gasteiger partial charge is 0.301 e. The highest BCUT2D eigenvalue weighted by Crippen LogP contribution is 2.20. The third-order valence-electron chi connectivity index (χ3n) is 1.65. The van der Waals surface area contributed by atoms with Gasteiger partial charge in [-0.05, 0) is 13.0 Å². The Bertz CT molecular complexity index is 184. The number of nitrogens with zero attached hydrogens (tertiary/aromatic N) is 1. The minimum Gasteiger partial charge on any atom is -0.301 e. The second kappa shape index (κ2) is 5.79. The van der Waals surface area contributed by atoms with Gasteiger partial charge >= 0.3 is 6.18 Å². The van der Waals surface area contributed by atoms with Gasteiger partial charge in [0, 0.05) is 4.92 Å². The average molecular weight is 214 g/mol. The Morgan fingerprint density at radius 2 is 2.07 bits per heavy atom. The first-order chi connectivity index (χ1) is 6.38. The highest BCUT2D eigenvalue weighted by atomic mass is 19.4. The third-order valence-corrected chi connectivity index (χ3v) is 1.65. The van der Waals surface area contributed by atoms with Gasteiger partial charge in [-0.3, -0.25) is 10.1 Å². The summed E-state index contributed by atoms with van der Waals surface area (Å²) in [6.45, 7) is 0.861. The van der Waals surface area contributed by atoms with Crippen molar-refractivity contribution in [2.75, 3.05) is 13.1 Å². The zero-order valence-electron chi connectivity index (χ0n) is 7.80. The molecule has 14 heavy (non-hydrogen) atoms. The summed E-state index contributed by atoms with van der Waals surface area (Å²) >= 11 is 0. The largest absolute Gasteiger partial charge is 0.410 e. The van der Waals surface area contributed by atoms with Crippen LogP contribution in [0, 0.1) is 10.1 Å². The molecule has 0 aliphatic rings. The number of nitrogens with one attached hydrogen (secondary N) is 1. The molecular weight excluding hydrogens is 201 g/mol. The lowest BCUT2D eigenvalue weighted by Gasteiger charge is -2.17. The van der Waals surface area contributed by atoms with Gasteiger partial charge in [-0.15, -0.1) is 0 Å². The summed E-state index contributed by atoms with van der Waals surface area (Å²) < 4.78 is 36.4. The van der Waals surface area contributed by atoms with E-state index in [1.54, 1.807) is 0 Å². The Hall–Kier alpha value is -0.850. The Morgan fingerprint density at radius 3 is 2.43 bits per heavy atom.